The molecule has 0 bridgehead atoms. The molecule has 0 aliphatic heterocycles. The van der Waals surface area contributed by atoms with Gasteiger partial charge in [-0.3, -0.25) is 9.69 Å². The van der Waals surface area contributed by atoms with E-state index in [4.69, 9.17) is 5.11 Å². The van der Waals surface area contributed by atoms with E-state index in [9.17, 15) is 4.79 Å². The molecule has 0 aromatic carbocycles. The Bertz CT molecular complexity index is 413. The zero-order valence-electron chi connectivity index (χ0n) is 11.5. The fourth-order valence-electron chi connectivity index (χ4n) is 2.75. The van der Waals surface area contributed by atoms with Gasteiger partial charge in [-0.2, -0.15) is 5.10 Å². The molecule has 1 heterocycles. The van der Waals surface area contributed by atoms with Crippen LogP contribution >= 0.6 is 0 Å². The zero-order valence-corrected chi connectivity index (χ0v) is 11.5. The molecule has 1 aromatic heterocycles. The standard InChI is InChI=1S/C13H22N4O2/c1-2-7-17-12(14-10-15-17)8-16(9-13(18)19)11-5-3-4-6-11/h10-11H,2-9H2,1H3,(H,18,19). The highest BCUT2D eigenvalue weighted by Crippen LogP contribution is 2.24. The first-order valence-electron chi connectivity index (χ1n) is 7.03. The van der Waals surface area contributed by atoms with Gasteiger partial charge in [-0.05, 0) is 19.3 Å². The van der Waals surface area contributed by atoms with Gasteiger partial charge in [0.15, 0.2) is 0 Å². The lowest BCUT2D eigenvalue weighted by Crippen LogP contribution is -2.37. The average molecular weight is 266 g/mol. The molecular formula is C13H22N4O2. The van der Waals surface area contributed by atoms with Crippen molar-refractivity contribution >= 4 is 5.97 Å². The summed E-state index contributed by atoms with van der Waals surface area (Å²) in [5, 5.41) is 13.3. The maximum atomic E-state index is 11.0. The van der Waals surface area contributed by atoms with Crippen molar-refractivity contribution in [1.29, 1.82) is 0 Å². The van der Waals surface area contributed by atoms with Gasteiger partial charge in [0.05, 0.1) is 13.1 Å². The van der Waals surface area contributed by atoms with E-state index in [1.165, 1.54) is 12.8 Å². The van der Waals surface area contributed by atoms with E-state index >= 15 is 0 Å². The number of carbonyl (C=O) groups is 1. The largest absolute Gasteiger partial charge is 0.480 e. The molecule has 1 N–H and O–H groups in total. The maximum Gasteiger partial charge on any atom is 0.317 e. The maximum absolute atomic E-state index is 11.0. The third-order valence-corrected chi connectivity index (χ3v) is 3.66. The Morgan fingerprint density at radius 3 is 2.89 bits per heavy atom. The van der Waals surface area contributed by atoms with E-state index in [1.807, 2.05) is 9.58 Å². The predicted octanol–water partition coefficient (Wildman–Crippen LogP) is 1.52. The van der Waals surface area contributed by atoms with Gasteiger partial charge in [0.2, 0.25) is 0 Å². The SMILES string of the molecule is CCCn1ncnc1CN(CC(=O)O)C1CCCC1. The highest BCUT2D eigenvalue weighted by Gasteiger charge is 2.25. The van der Waals surface area contributed by atoms with Crippen molar-refractivity contribution in [2.45, 2.75) is 58.2 Å². The summed E-state index contributed by atoms with van der Waals surface area (Å²) in [7, 11) is 0. The highest BCUT2D eigenvalue weighted by atomic mass is 16.4. The quantitative estimate of drug-likeness (QED) is 0.810. The Labute approximate surface area is 113 Å². The van der Waals surface area contributed by atoms with Crippen LogP contribution in [0.25, 0.3) is 0 Å². The van der Waals surface area contributed by atoms with Gasteiger partial charge in [-0.1, -0.05) is 19.8 Å². The molecular weight excluding hydrogens is 244 g/mol. The third kappa shape index (κ3) is 3.76. The second-order valence-corrected chi connectivity index (χ2v) is 5.14. The Hall–Kier alpha value is -1.43. The molecule has 0 amide bonds. The van der Waals surface area contributed by atoms with Crippen LogP contribution in [0.2, 0.25) is 0 Å². The van der Waals surface area contributed by atoms with Crippen LogP contribution in [-0.4, -0.2) is 43.3 Å². The molecule has 106 valence electrons. The molecule has 1 aliphatic rings. The number of carboxylic acids is 1. The molecule has 1 saturated carbocycles. The summed E-state index contributed by atoms with van der Waals surface area (Å²) in [6.45, 7) is 3.60. The number of aliphatic carboxylic acids is 1. The summed E-state index contributed by atoms with van der Waals surface area (Å²) in [4.78, 5) is 17.3. The number of nitrogens with zero attached hydrogens (tertiary/aromatic N) is 4. The molecule has 0 radical (unpaired) electrons. The Morgan fingerprint density at radius 2 is 2.26 bits per heavy atom. The lowest BCUT2D eigenvalue weighted by atomic mass is 10.2. The number of aromatic nitrogens is 3. The lowest BCUT2D eigenvalue weighted by molar-refractivity contribution is -0.139. The Morgan fingerprint density at radius 1 is 1.53 bits per heavy atom. The molecule has 19 heavy (non-hydrogen) atoms. The molecule has 1 aliphatic carbocycles. The van der Waals surface area contributed by atoms with E-state index < -0.39 is 5.97 Å². The molecule has 0 atom stereocenters. The molecule has 2 rings (SSSR count). The summed E-state index contributed by atoms with van der Waals surface area (Å²) in [6, 6.07) is 0.378. The van der Waals surface area contributed by atoms with E-state index in [1.54, 1.807) is 6.33 Å². The van der Waals surface area contributed by atoms with Crippen molar-refractivity contribution in [3.8, 4) is 0 Å². The average Bonchev–Trinajstić information content (AvgIpc) is 3.00. The lowest BCUT2D eigenvalue weighted by Gasteiger charge is -2.26. The Balaban J connectivity index is 2.05. The van der Waals surface area contributed by atoms with E-state index in [-0.39, 0.29) is 6.54 Å². The number of hydrogen-bond acceptors (Lipinski definition) is 4. The van der Waals surface area contributed by atoms with Crippen molar-refractivity contribution in [3.05, 3.63) is 12.2 Å². The van der Waals surface area contributed by atoms with E-state index in [0.29, 0.717) is 12.6 Å². The van der Waals surface area contributed by atoms with Crippen LogP contribution in [0.3, 0.4) is 0 Å². The smallest absolute Gasteiger partial charge is 0.317 e. The monoisotopic (exact) mass is 266 g/mol. The fourth-order valence-corrected chi connectivity index (χ4v) is 2.75. The minimum Gasteiger partial charge on any atom is -0.480 e. The Kier molecular flexibility index (Phi) is 4.90. The minimum absolute atomic E-state index is 0.0870. The number of hydrogen-bond donors (Lipinski definition) is 1. The van der Waals surface area contributed by atoms with Crippen LogP contribution in [0.5, 0.6) is 0 Å². The summed E-state index contributed by atoms with van der Waals surface area (Å²) in [5.74, 6) is 0.100. The highest BCUT2D eigenvalue weighted by molar-refractivity contribution is 5.69. The molecule has 0 saturated heterocycles. The van der Waals surface area contributed by atoms with Gasteiger partial charge in [0.1, 0.15) is 12.2 Å². The van der Waals surface area contributed by atoms with Crippen LogP contribution in [0.15, 0.2) is 6.33 Å². The van der Waals surface area contributed by atoms with Crippen molar-refractivity contribution in [2.75, 3.05) is 6.54 Å². The van der Waals surface area contributed by atoms with Gasteiger partial charge in [0.25, 0.3) is 0 Å². The molecule has 1 aromatic rings. The summed E-state index contributed by atoms with van der Waals surface area (Å²) in [6.07, 6.45) is 7.13. The molecule has 6 nitrogen and oxygen atoms in total. The van der Waals surface area contributed by atoms with Crippen molar-refractivity contribution in [3.63, 3.8) is 0 Å². The first kappa shape index (κ1) is 14.0. The van der Waals surface area contributed by atoms with Gasteiger partial charge < -0.3 is 5.11 Å². The molecule has 1 fully saturated rings. The fraction of sp³-hybridized carbons (Fsp3) is 0.769. The van der Waals surface area contributed by atoms with Crippen LogP contribution in [0.1, 0.15) is 44.9 Å². The first-order chi connectivity index (χ1) is 9.20. The second-order valence-electron chi connectivity index (χ2n) is 5.14. The topological polar surface area (TPSA) is 71.2 Å². The van der Waals surface area contributed by atoms with E-state index in [0.717, 1.165) is 31.6 Å². The number of rotatable bonds is 7. The van der Waals surface area contributed by atoms with Crippen molar-refractivity contribution in [1.82, 2.24) is 19.7 Å². The minimum atomic E-state index is -0.770. The van der Waals surface area contributed by atoms with Crippen LogP contribution in [-0.2, 0) is 17.9 Å². The van der Waals surface area contributed by atoms with Gasteiger partial charge in [-0.15, -0.1) is 0 Å². The molecule has 0 unspecified atom stereocenters. The van der Waals surface area contributed by atoms with E-state index in [2.05, 4.69) is 17.0 Å². The molecule has 6 heteroatoms. The van der Waals surface area contributed by atoms with Crippen LogP contribution in [0, 0.1) is 0 Å². The molecule has 0 spiro atoms. The van der Waals surface area contributed by atoms with Crippen molar-refractivity contribution in [2.24, 2.45) is 0 Å². The summed E-state index contributed by atoms with van der Waals surface area (Å²) in [5.41, 5.74) is 0. The normalized spacial score (nSPS) is 16.3. The summed E-state index contributed by atoms with van der Waals surface area (Å²) >= 11 is 0. The van der Waals surface area contributed by atoms with Crippen LogP contribution in [0.4, 0.5) is 0 Å². The van der Waals surface area contributed by atoms with Gasteiger partial charge in [-0.25, -0.2) is 9.67 Å². The zero-order chi connectivity index (χ0) is 13.7. The number of carboxylic acid groups (broad SMARTS) is 1. The van der Waals surface area contributed by atoms with Crippen molar-refractivity contribution < 1.29 is 9.90 Å². The summed E-state index contributed by atoms with van der Waals surface area (Å²) < 4.78 is 1.88. The first-order valence-corrected chi connectivity index (χ1v) is 7.03. The second kappa shape index (κ2) is 6.65. The van der Waals surface area contributed by atoms with Crippen LogP contribution < -0.4 is 0 Å². The number of aryl methyl sites for hydroxylation is 1. The van der Waals surface area contributed by atoms with Gasteiger partial charge >= 0.3 is 5.97 Å². The van der Waals surface area contributed by atoms with Gasteiger partial charge in [0, 0.05) is 12.6 Å². The predicted molar refractivity (Wildman–Crippen MR) is 70.6 cm³/mol. The third-order valence-electron chi connectivity index (χ3n) is 3.66.